The molecule has 3 aromatic rings. The molecule has 0 spiro atoms. The highest BCUT2D eigenvalue weighted by Gasteiger charge is 2.31. The van der Waals surface area contributed by atoms with E-state index >= 15 is 0 Å². The van der Waals surface area contributed by atoms with Gasteiger partial charge in [0.2, 0.25) is 5.91 Å². The number of carbonyl (C=O) groups is 2. The summed E-state index contributed by atoms with van der Waals surface area (Å²) < 4.78 is 42.1. The van der Waals surface area contributed by atoms with Crippen molar-refractivity contribution in [2.45, 2.75) is 26.1 Å². The molecule has 0 aliphatic heterocycles. The molecule has 29 heavy (non-hydrogen) atoms. The molecule has 0 fully saturated rings. The summed E-state index contributed by atoms with van der Waals surface area (Å²) in [7, 11) is 0. The van der Waals surface area contributed by atoms with Crippen molar-refractivity contribution in [2.75, 3.05) is 0 Å². The fourth-order valence-corrected chi connectivity index (χ4v) is 3.31. The van der Waals surface area contributed by atoms with Gasteiger partial charge in [-0.1, -0.05) is 0 Å². The third kappa shape index (κ3) is 3.89. The number of fused-ring (bicyclic) bond motifs is 1. The monoisotopic (exact) mass is 406 g/mol. The van der Waals surface area contributed by atoms with Gasteiger partial charge < -0.3 is 15.6 Å². The lowest BCUT2D eigenvalue weighted by Gasteiger charge is -2.11. The van der Waals surface area contributed by atoms with Gasteiger partial charge in [0, 0.05) is 16.6 Å². The normalized spacial score (nSPS) is 12.7. The van der Waals surface area contributed by atoms with Gasteiger partial charge in [-0.25, -0.2) is 0 Å². The van der Waals surface area contributed by atoms with Crippen molar-refractivity contribution >= 4 is 22.7 Å². The molecule has 1 aromatic heterocycles. The van der Waals surface area contributed by atoms with Gasteiger partial charge in [0.15, 0.2) is 0 Å². The molecule has 0 saturated carbocycles. The van der Waals surface area contributed by atoms with E-state index in [9.17, 15) is 27.9 Å². The van der Waals surface area contributed by atoms with E-state index in [1.54, 1.807) is 13.8 Å². The van der Waals surface area contributed by atoms with Crippen molar-refractivity contribution in [3.63, 3.8) is 0 Å². The topological polar surface area (TPSA) is 94.5 Å². The van der Waals surface area contributed by atoms with Gasteiger partial charge in [0.25, 0.3) is 5.91 Å². The van der Waals surface area contributed by atoms with E-state index in [1.807, 2.05) is 0 Å². The minimum Gasteiger partial charge on any atom is -0.508 e. The number of amides is 1. The zero-order chi connectivity index (χ0) is 21.5. The quantitative estimate of drug-likeness (QED) is 0.689. The van der Waals surface area contributed by atoms with E-state index in [2.05, 4.69) is 4.74 Å². The summed E-state index contributed by atoms with van der Waals surface area (Å²) in [6, 6.07) is 8.86. The molecular formula is C20H17F3N2O4. The lowest BCUT2D eigenvalue weighted by molar-refractivity contribution is -0.274. The average molecular weight is 406 g/mol. The Morgan fingerprint density at radius 1 is 1.14 bits per heavy atom. The predicted octanol–water partition coefficient (Wildman–Crippen LogP) is 3.83. The highest BCUT2D eigenvalue weighted by molar-refractivity contribution is 6.05. The summed E-state index contributed by atoms with van der Waals surface area (Å²) >= 11 is 0. The zero-order valence-electron chi connectivity index (χ0n) is 15.4. The number of phenolic OH excluding ortho intramolecular Hbond substituents is 1. The van der Waals surface area contributed by atoms with Gasteiger partial charge in [-0.2, -0.15) is 0 Å². The Morgan fingerprint density at radius 2 is 1.76 bits per heavy atom. The highest BCUT2D eigenvalue weighted by Crippen LogP contribution is 2.34. The summed E-state index contributed by atoms with van der Waals surface area (Å²) in [5, 5.41) is 10.3. The van der Waals surface area contributed by atoms with Crippen molar-refractivity contribution in [3.05, 3.63) is 59.3 Å². The molecule has 2 aromatic carbocycles. The molecular weight excluding hydrogens is 389 g/mol. The summed E-state index contributed by atoms with van der Waals surface area (Å²) in [6.45, 7) is 3.22. The average Bonchev–Trinajstić information content (AvgIpc) is 2.90. The second-order valence-electron chi connectivity index (χ2n) is 6.54. The molecule has 1 atom stereocenters. The van der Waals surface area contributed by atoms with Gasteiger partial charge in [-0.05, 0) is 61.9 Å². The molecule has 0 saturated heterocycles. The smallest absolute Gasteiger partial charge is 0.508 e. The molecule has 3 N–H and O–H groups in total. The van der Waals surface area contributed by atoms with Gasteiger partial charge in [0.05, 0.1) is 11.4 Å². The number of hydrogen-bond acceptors (Lipinski definition) is 4. The van der Waals surface area contributed by atoms with Crippen LogP contribution in [-0.4, -0.2) is 27.9 Å². The molecule has 1 unspecified atom stereocenters. The number of phenols is 1. The lowest BCUT2D eigenvalue weighted by atomic mass is 9.97. The third-order valence-corrected chi connectivity index (χ3v) is 4.63. The van der Waals surface area contributed by atoms with Crippen LogP contribution in [0.15, 0.2) is 42.5 Å². The number of benzene rings is 2. The molecule has 0 radical (unpaired) electrons. The van der Waals surface area contributed by atoms with E-state index in [0.29, 0.717) is 22.2 Å². The van der Waals surface area contributed by atoms with Crippen LogP contribution in [0.4, 0.5) is 13.2 Å². The van der Waals surface area contributed by atoms with Crippen LogP contribution in [0, 0.1) is 6.92 Å². The molecule has 0 bridgehead atoms. The van der Waals surface area contributed by atoms with Crippen LogP contribution < -0.4 is 10.5 Å². The van der Waals surface area contributed by atoms with Gasteiger partial charge in [-0.15, -0.1) is 13.2 Å². The predicted molar refractivity (Wildman–Crippen MR) is 98.8 cm³/mol. The standard InChI is InChI=1S/C20H17F3N2O4/c1-10(18(24)27)17-11(2)25(16-8-5-13(26)9-15(16)17)19(28)12-3-6-14(7-4-12)29-20(21,22)23/h3-10,26H,1-2H3,(H2,24,27). The zero-order valence-corrected chi connectivity index (χ0v) is 15.4. The van der Waals surface area contributed by atoms with Crippen molar-refractivity contribution in [2.24, 2.45) is 5.73 Å². The summed E-state index contributed by atoms with van der Waals surface area (Å²) in [5.41, 5.74) is 6.92. The Kier molecular flexibility index (Phi) is 5.00. The van der Waals surface area contributed by atoms with Crippen molar-refractivity contribution in [1.82, 2.24) is 4.57 Å². The van der Waals surface area contributed by atoms with Crippen molar-refractivity contribution in [1.29, 1.82) is 0 Å². The number of halogens is 3. The van der Waals surface area contributed by atoms with Gasteiger partial charge in [0.1, 0.15) is 11.5 Å². The van der Waals surface area contributed by atoms with Crippen LogP contribution in [0.5, 0.6) is 11.5 Å². The maximum absolute atomic E-state index is 13.1. The van der Waals surface area contributed by atoms with E-state index in [-0.39, 0.29) is 11.3 Å². The number of ether oxygens (including phenoxy) is 1. The number of primary amides is 1. The van der Waals surface area contributed by atoms with Crippen molar-refractivity contribution in [3.8, 4) is 11.5 Å². The molecule has 9 heteroatoms. The van der Waals surface area contributed by atoms with Crippen LogP contribution >= 0.6 is 0 Å². The van der Waals surface area contributed by atoms with E-state index in [0.717, 1.165) is 12.1 Å². The first-order valence-corrected chi connectivity index (χ1v) is 8.53. The minimum atomic E-state index is -4.83. The number of carbonyl (C=O) groups excluding carboxylic acids is 2. The molecule has 0 aliphatic rings. The second kappa shape index (κ2) is 7.16. The van der Waals surface area contributed by atoms with Crippen molar-refractivity contribution < 1.29 is 32.6 Å². The van der Waals surface area contributed by atoms with Crippen LogP contribution in [0.1, 0.15) is 34.5 Å². The highest BCUT2D eigenvalue weighted by atomic mass is 19.4. The largest absolute Gasteiger partial charge is 0.573 e. The van der Waals surface area contributed by atoms with Crippen LogP contribution in [-0.2, 0) is 4.79 Å². The lowest BCUT2D eigenvalue weighted by Crippen LogP contribution is -2.20. The molecule has 6 nitrogen and oxygen atoms in total. The Labute approximate surface area is 163 Å². The Hall–Kier alpha value is -3.49. The van der Waals surface area contributed by atoms with Crippen LogP contribution in [0.2, 0.25) is 0 Å². The SMILES string of the molecule is Cc1c(C(C)C(N)=O)c2cc(O)ccc2n1C(=O)c1ccc(OC(F)(F)F)cc1. The van der Waals surface area contributed by atoms with Crippen LogP contribution in [0.25, 0.3) is 10.9 Å². The Balaban J connectivity index is 2.11. The Morgan fingerprint density at radius 3 is 2.31 bits per heavy atom. The van der Waals surface area contributed by atoms with Gasteiger partial charge in [-0.3, -0.25) is 14.2 Å². The summed E-state index contributed by atoms with van der Waals surface area (Å²) in [6.07, 6.45) is -4.83. The fourth-order valence-electron chi connectivity index (χ4n) is 3.31. The summed E-state index contributed by atoms with van der Waals surface area (Å²) in [5.74, 6) is -2.34. The van der Waals surface area contributed by atoms with E-state index < -0.39 is 29.8 Å². The minimum absolute atomic E-state index is 0.0475. The number of aromatic nitrogens is 1. The molecule has 1 heterocycles. The van der Waals surface area contributed by atoms with Gasteiger partial charge >= 0.3 is 6.36 Å². The number of rotatable bonds is 4. The fraction of sp³-hybridized carbons (Fsp3) is 0.200. The number of aromatic hydroxyl groups is 1. The van der Waals surface area contributed by atoms with E-state index in [1.165, 1.54) is 34.9 Å². The maximum Gasteiger partial charge on any atom is 0.573 e. The first-order valence-electron chi connectivity index (χ1n) is 8.53. The summed E-state index contributed by atoms with van der Waals surface area (Å²) in [4.78, 5) is 24.8. The first-order chi connectivity index (χ1) is 13.5. The number of hydrogen-bond donors (Lipinski definition) is 2. The number of nitrogens with zero attached hydrogens (tertiary/aromatic N) is 1. The number of nitrogens with two attached hydrogens (primary N) is 1. The second-order valence-corrected chi connectivity index (χ2v) is 6.54. The Bertz CT molecular complexity index is 1100. The molecule has 0 aliphatic carbocycles. The van der Waals surface area contributed by atoms with Crippen LogP contribution in [0.3, 0.4) is 0 Å². The molecule has 1 amide bonds. The van der Waals surface area contributed by atoms with E-state index in [4.69, 9.17) is 5.73 Å². The molecule has 3 rings (SSSR count). The maximum atomic E-state index is 13.1. The number of alkyl halides is 3. The first kappa shape index (κ1) is 20.2. The third-order valence-electron chi connectivity index (χ3n) is 4.63. The molecule has 152 valence electrons.